The molecule has 1 unspecified atom stereocenters. The molecule has 0 aliphatic carbocycles. The van der Waals surface area contributed by atoms with Crippen molar-refractivity contribution in [2.75, 3.05) is 25.0 Å². The molecule has 3 aromatic carbocycles. The second kappa shape index (κ2) is 13.9. The first-order chi connectivity index (χ1) is 16.5. The predicted octanol–water partition coefficient (Wildman–Crippen LogP) is 5.74. The van der Waals surface area contributed by atoms with Gasteiger partial charge in [0.25, 0.3) is 0 Å². The summed E-state index contributed by atoms with van der Waals surface area (Å²) in [6.45, 7) is 1.51. The number of hydrogen-bond acceptors (Lipinski definition) is 5. The Labute approximate surface area is 227 Å². The van der Waals surface area contributed by atoms with Gasteiger partial charge in [-0.15, -0.1) is 24.8 Å². The lowest BCUT2D eigenvalue weighted by atomic mass is 9.97. The SMILES string of the molecule is COc1ccc(N(C)S(=O)(=O)Cc2ccccc2)cc1CNN1CCCCC1c1ccccc1.Cl.Cl. The van der Waals surface area contributed by atoms with Crippen LogP contribution in [-0.2, 0) is 22.3 Å². The van der Waals surface area contributed by atoms with Gasteiger partial charge in [0.2, 0.25) is 10.0 Å². The molecule has 196 valence electrons. The van der Waals surface area contributed by atoms with Crippen LogP contribution in [0, 0.1) is 0 Å². The third-order valence-corrected chi connectivity index (χ3v) is 8.14. The number of sulfonamides is 1. The van der Waals surface area contributed by atoms with Gasteiger partial charge in [0, 0.05) is 31.7 Å². The van der Waals surface area contributed by atoms with Crippen LogP contribution in [0.15, 0.2) is 78.9 Å². The molecule has 1 heterocycles. The Kier molecular flexibility index (Phi) is 11.5. The van der Waals surface area contributed by atoms with Crippen molar-refractivity contribution in [3.8, 4) is 5.75 Å². The van der Waals surface area contributed by atoms with Crippen molar-refractivity contribution in [2.24, 2.45) is 0 Å². The molecule has 0 amide bonds. The monoisotopic (exact) mass is 551 g/mol. The first-order valence-electron chi connectivity index (χ1n) is 11.7. The summed E-state index contributed by atoms with van der Waals surface area (Å²) in [7, 11) is -0.276. The molecule has 0 aromatic heterocycles. The third kappa shape index (κ3) is 7.37. The highest BCUT2D eigenvalue weighted by Crippen LogP contribution is 2.31. The molecule has 9 heteroatoms. The van der Waals surface area contributed by atoms with E-state index in [-0.39, 0.29) is 30.6 Å². The Bertz CT molecular complexity index is 1180. The molecular weight excluding hydrogens is 517 g/mol. The molecule has 0 saturated carbocycles. The minimum Gasteiger partial charge on any atom is -0.496 e. The fourth-order valence-electron chi connectivity index (χ4n) is 4.47. The van der Waals surface area contributed by atoms with Gasteiger partial charge in [-0.3, -0.25) is 9.73 Å². The highest BCUT2D eigenvalue weighted by atomic mass is 35.5. The number of anilines is 1. The van der Waals surface area contributed by atoms with Crippen LogP contribution in [0.2, 0.25) is 0 Å². The first kappa shape index (κ1) is 29.9. The van der Waals surface area contributed by atoms with Gasteiger partial charge in [0.1, 0.15) is 5.75 Å². The lowest BCUT2D eigenvalue weighted by molar-refractivity contribution is 0.0822. The van der Waals surface area contributed by atoms with Gasteiger partial charge in [-0.2, -0.15) is 0 Å². The van der Waals surface area contributed by atoms with Crippen LogP contribution in [0.3, 0.4) is 0 Å². The van der Waals surface area contributed by atoms with Gasteiger partial charge in [0.15, 0.2) is 0 Å². The van der Waals surface area contributed by atoms with Crippen molar-refractivity contribution in [3.63, 3.8) is 0 Å². The molecule has 1 aliphatic rings. The van der Waals surface area contributed by atoms with Crippen LogP contribution in [0.4, 0.5) is 5.69 Å². The Hall–Kier alpha value is -2.29. The lowest BCUT2D eigenvalue weighted by Crippen LogP contribution is -2.43. The predicted molar refractivity (Wildman–Crippen MR) is 152 cm³/mol. The number of rotatable bonds is 9. The minimum absolute atomic E-state index is 0. The average molecular weight is 553 g/mol. The van der Waals surface area contributed by atoms with E-state index in [9.17, 15) is 8.42 Å². The minimum atomic E-state index is -3.52. The van der Waals surface area contributed by atoms with Crippen LogP contribution < -0.4 is 14.5 Å². The summed E-state index contributed by atoms with van der Waals surface area (Å²) in [5.74, 6) is 0.689. The second-order valence-corrected chi connectivity index (χ2v) is 10.7. The quantitative estimate of drug-likeness (QED) is 0.367. The molecule has 3 aromatic rings. The highest BCUT2D eigenvalue weighted by Gasteiger charge is 2.24. The van der Waals surface area contributed by atoms with Gasteiger partial charge < -0.3 is 4.74 Å². The molecule has 1 aliphatic heterocycles. The van der Waals surface area contributed by atoms with E-state index in [1.807, 2.05) is 48.5 Å². The summed E-state index contributed by atoms with van der Waals surface area (Å²) in [5, 5.41) is 2.31. The highest BCUT2D eigenvalue weighted by molar-refractivity contribution is 7.92. The van der Waals surface area contributed by atoms with Gasteiger partial charge in [0.05, 0.1) is 18.6 Å². The summed E-state index contributed by atoms with van der Waals surface area (Å²) in [4.78, 5) is 0. The van der Waals surface area contributed by atoms with E-state index in [1.54, 1.807) is 20.2 Å². The number of halogens is 2. The van der Waals surface area contributed by atoms with E-state index in [4.69, 9.17) is 4.74 Å². The Morgan fingerprint density at radius 2 is 1.64 bits per heavy atom. The summed E-state index contributed by atoms with van der Waals surface area (Å²) < 4.78 is 33.0. The number of ether oxygens (including phenoxy) is 1. The lowest BCUT2D eigenvalue weighted by Gasteiger charge is -2.36. The van der Waals surface area contributed by atoms with E-state index in [1.165, 1.54) is 16.3 Å². The maximum absolute atomic E-state index is 13.0. The number of hydrazine groups is 1. The van der Waals surface area contributed by atoms with Crippen molar-refractivity contribution < 1.29 is 13.2 Å². The second-order valence-electron chi connectivity index (χ2n) is 8.66. The number of nitrogens with zero attached hydrogens (tertiary/aromatic N) is 2. The van der Waals surface area contributed by atoms with E-state index in [0.717, 1.165) is 36.3 Å². The van der Waals surface area contributed by atoms with E-state index < -0.39 is 10.0 Å². The van der Waals surface area contributed by atoms with E-state index in [2.05, 4.69) is 34.7 Å². The maximum atomic E-state index is 13.0. The van der Waals surface area contributed by atoms with Crippen molar-refractivity contribution in [1.82, 2.24) is 10.4 Å². The summed E-state index contributed by atoms with van der Waals surface area (Å²) in [6.07, 6.45) is 3.46. The smallest absolute Gasteiger partial charge is 0.239 e. The van der Waals surface area contributed by atoms with Crippen LogP contribution >= 0.6 is 24.8 Å². The van der Waals surface area contributed by atoms with Crippen molar-refractivity contribution in [3.05, 3.63) is 95.6 Å². The van der Waals surface area contributed by atoms with Gasteiger partial charge in [-0.1, -0.05) is 67.1 Å². The number of nitrogens with one attached hydrogen (secondary N) is 1. The van der Waals surface area contributed by atoms with Gasteiger partial charge >= 0.3 is 0 Å². The zero-order chi connectivity index (χ0) is 24.0. The summed E-state index contributed by atoms with van der Waals surface area (Å²) in [5.41, 5.74) is 7.20. The van der Waals surface area contributed by atoms with Crippen LogP contribution in [0.1, 0.15) is 42.0 Å². The molecule has 1 fully saturated rings. The topological polar surface area (TPSA) is 61.9 Å². The van der Waals surface area contributed by atoms with E-state index >= 15 is 0 Å². The molecule has 6 nitrogen and oxygen atoms in total. The Balaban J connectivity index is 0.00000228. The Morgan fingerprint density at radius 3 is 2.31 bits per heavy atom. The molecule has 1 atom stereocenters. The zero-order valence-electron chi connectivity index (χ0n) is 20.7. The fraction of sp³-hybridized carbons (Fsp3) is 0.333. The standard InChI is InChI=1S/C27H33N3O3S.2ClH/c1-29(34(31,32)21-22-11-5-3-6-12-22)25-16-17-27(33-2)24(19-25)20-28-30-18-10-9-15-26(30)23-13-7-4-8-14-23;;/h3-8,11-14,16-17,19,26,28H,9-10,15,18,20-21H2,1-2H3;2*1H. The molecule has 0 spiro atoms. The summed E-state index contributed by atoms with van der Waals surface area (Å²) in [6, 6.07) is 25.7. The fourth-order valence-corrected chi connectivity index (χ4v) is 5.71. The number of benzene rings is 3. The number of methoxy groups -OCH3 is 1. The van der Waals surface area contributed by atoms with Crippen molar-refractivity contribution in [2.45, 2.75) is 37.6 Å². The maximum Gasteiger partial charge on any atom is 0.239 e. The zero-order valence-corrected chi connectivity index (χ0v) is 23.1. The normalized spacial score (nSPS) is 15.9. The third-order valence-electron chi connectivity index (χ3n) is 6.40. The number of hydrogen-bond donors (Lipinski definition) is 1. The Morgan fingerprint density at radius 1 is 0.972 bits per heavy atom. The number of piperidine rings is 1. The van der Waals surface area contributed by atoms with Crippen LogP contribution in [0.25, 0.3) is 0 Å². The molecule has 4 rings (SSSR count). The summed E-state index contributed by atoms with van der Waals surface area (Å²) >= 11 is 0. The molecule has 0 bridgehead atoms. The van der Waals surface area contributed by atoms with Crippen molar-refractivity contribution in [1.29, 1.82) is 0 Å². The molecule has 0 radical (unpaired) electrons. The van der Waals surface area contributed by atoms with Crippen LogP contribution in [0.5, 0.6) is 5.75 Å². The largest absolute Gasteiger partial charge is 0.496 e. The van der Waals surface area contributed by atoms with E-state index in [0.29, 0.717) is 18.3 Å². The molecule has 1 saturated heterocycles. The average Bonchev–Trinajstić information content (AvgIpc) is 2.88. The first-order valence-corrected chi connectivity index (χ1v) is 13.3. The molecular formula is C27H35Cl2N3O3S. The van der Waals surface area contributed by atoms with Crippen molar-refractivity contribution >= 4 is 40.5 Å². The molecule has 36 heavy (non-hydrogen) atoms. The van der Waals surface area contributed by atoms with Gasteiger partial charge in [-0.05, 0) is 42.2 Å². The van der Waals surface area contributed by atoms with Crippen LogP contribution in [-0.4, -0.2) is 34.1 Å². The van der Waals surface area contributed by atoms with Gasteiger partial charge in [-0.25, -0.2) is 13.4 Å². The molecule has 1 N–H and O–H groups in total.